The van der Waals surface area contributed by atoms with Crippen molar-refractivity contribution >= 4 is 34.8 Å². The van der Waals surface area contributed by atoms with E-state index in [0.29, 0.717) is 11.3 Å². The van der Waals surface area contributed by atoms with Crippen LogP contribution >= 0.6 is 11.6 Å². The summed E-state index contributed by atoms with van der Waals surface area (Å²) in [6, 6.07) is 7.80. The molecule has 25 heavy (non-hydrogen) atoms. The van der Waals surface area contributed by atoms with E-state index >= 15 is 0 Å². The van der Waals surface area contributed by atoms with Gasteiger partial charge in [-0.25, -0.2) is 9.78 Å². The number of aromatic nitrogens is 2. The second-order valence-corrected chi connectivity index (χ2v) is 6.00. The molecule has 2 aromatic heterocycles. The standard InChI is InChI=1S/C18H16ClN3O3/c1-3-15-10(2)22-9-11(4-7-16(22)21-15)17(23)20-12-5-6-14(19)13(8-12)18(24)25/h4-9H,3H2,1-2H3,(H,20,23)(H,24,25). The van der Waals surface area contributed by atoms with Gasteiger partial charge in [0.05, 0.1) is 21.8 Å². The Morgan fingerprint density at radius 3 is 2.72 bits per heavy atom. The number of halogens is 1. The molecule has 0 fully saturated rings. The molecule has 7 heteroatoms. The fourth-order valence-electron chi connectivity index (χ4n) is 2.65. The molecule has 0 aliphatic rings. The van der Waals surface area contributed by atoms with Gasteiger partial charge < -0.3 is 14.8 Å². The van der Waals surface area contributed by atoms with Crippen molar-refractivity contribution in [3.63, 3.8) is 0 Å². The molecule has 0 bridgehead atoms. The number of rotatable bonds is 4. The summed E-state index contributed by atoms with van der Waals surface area (Å²) in [5.74, 6) is -1.49. The molecule has 3 aromatic rings. The Hall–Kier alpha value is -2.86. The molecule has 1 amide bonds. The number of hydrogen-bond acceptors (Lipinski definition) is 3. The molecule has 0 aliphatic heterocycles. The average molecular weight is 358 g/mol. The Bertz CT molecular complexity index is 995. The van der Waals surface area contributed by atoms with Crippen LogP contribution in [0.15, 0.2) is 36.5 Å². The van der Waals surface area contributed by atoms with E-state index in [4.69, 9.17) is 16.7 Å². The van der Waals surface area contributed by atoms with Crippen LogP contribution in [-0.2, 0) is 6.42 Å². The van der Waals surface area contributed by atoms with E-state index in [1.807, 2.05) is 18.2 Å². The summed E-state index contributed by atoms with van der Waals surface area (Å²) in [4.78, 5) is 28.1. The van der Waals surface area contributed by atoms with Gasteiger partial charge in [-0.3, -0.25) is 4.79 Å². The highest BCUT2D eigenvalue weighted by atomic mass is 35.5. The Kier molecular flexibility index (Phi) is 4.46. The van der Waals surface area contributed by atoms with Gasteiger partial charge in [0.25, 0.3) is 5.91 Å². The number of pyridine rings is 1. The lowest BCUT2D eigenvalue weighted by atomic mass is 10.2. The van der Waals surface area contributed by atoms with Gasteiger partial charge in [0.1, 0.15) is 5.65 Å². The van der Waals surface area contributed by atoms with Crippen molar-refractivity contribution in [3.8, 4) is 0 Å². The highest BCUT2D eigenvalue weighted by molar-refractivity contribution is 6.33. The average Bonchev–Trinajstić information content (AvgIpc) is 2.92. The quantitative estimate of drug-likeness (QED) is 0.743. The van der Waals surface area contributed by atoms with Gasteiger partial charge in [0.2, 0.25) is 0 Å². The number of hydrogen-bond donors (Lipinski definition) is 2. The fourth-order valence-corrected chi connectivity index (χ4v) is 2.85. The molecule has 128 valence electrons. The van der Waals surface area contributed by atoms with Crippen LogP contribution < -0.4 is 5.32 Å². The highest BCUT2D eigenvalue weighted by Gasteiger charge is 2.13. The third kappa shape index (κ3) is 3.21. The molecular weight excluding hydrogens is 342 g/mol. The minimum atomic E-state index is -1.15. The summed E-state index contributed by atoms with van der Waals surface area (Å²) >= 11 is 5.84. The predicted octanol–water partition coefficient (Wildman–Crippen LogP) is 3.81. The van der Waals surface area contributed by atoms with Gasteiger partial charge >= 0.3 is 5.97 Å². The highest BCUT2D eigenvalue weighted by Crippen LogP contribution is 2.21. The number of fused-ring (bicyclic) bond motifs is 1. The van der Waals surface area contributed by atoms with Crippen molar-refractivity contribution in [2.24, 2.45) is 0 Å². The van der Waals surface area contributed by atoms with Gasteiger partial charge in [-0.15, -0.1) is 0 Å². The van der Waals surface area contributed by atoms with Crippen LogP contribution in [0.2, 0.25) is 5.02 Å². The van der Waals surface area contributed by atoms with E-state index in [1.54, 1.807) is 24.4 Å². The maximum atomic E-state index is 12.5. The number of nitrogens with zero attached hydrogens (tertiary/aromatic N) is 2. The number of aryl methyl sites for hydroxylation is 2. The van der Waals surface area contributed by atoms with Gasteiger partial charge in [0.15, 0.2) is 0 Å². The monoisotopic (exact) mass is 357 g/mol. The molecule has 2 heterocycles. The second kappa shape index (κ2) is 6.57. The number of aromatic carboxylic acids is 1. The lowest BCUT2D eigenvalue weighted by Gasteiger charge is -2.08. The van der Waals surface area contributed by atoms with Crippen LogP contribution in [0, 0.1) is 6.92 Å². The Balaban J connectivity index is 1.91. The minimum Gasteiger partial charge on any atom is -0.478 e. The summed E-state index contributed by atoms with van der Waals surface area (Å²) in [6.45, 7) is 3.99. The van der Waals surface area contributed by atoms with E-state index in [1.165, 1.54) is 12.1 Å². The topological polar surface area (TPSA) is 83.7 Å². The third-order valence-electron chi connectivity index (χ3n) is 4.01. The lowest BCUT2D eigenvalue weighted by molar-refractivity contribution is 0.0696. The second-order valence-electron chi connectivity index (χ2n) is 5.60. The van der Waals surface area contributed by atoms with Crippen LogP contribution in [-0.4, -0.2) is 26.4 Å². The zero-order valence-corrected chi connectivity index (χ0v) is 14.5. The summed E-state index contributed by atoms with van der Waals surface area (Å²) in [5, 5.41) is 11.9. The third-order valence-corrected chi connectivity index (χ3v) is 4.34. The number of carbonyl (C=O) groups excluding carboxylic acids is 1. The molecule has 0 aliphatic carbocycles. The largest absolute Gasteiger partial charge is 0.478 e. The van der Waals surface area contributed by atoms with Crippen molar-refractivity contribution < 1.29 is 14.7 Å². The molecule has 0 radical (unpaired) electrons. The van der Waals surface area contributed by atoms with Gasteiger partial charge in [0, 0.05) is 17.6 Å². The van der Waals surface area contributed by atoms with Gasteiger partial charge in [-0.05, 0) is 43.7 Å². The number of carboxylic acid groups (broad SMARTS) is 1. The van der Waals surface area contributed by atoms with Crippen LogP contribution in [0.25, 0.3) is 5.65 Å². The molecule has 0 saturated heterocycles. The molecule has 0 unspecified atom stereocenters. The van der Waals surface area contributed by atoms with Crippen LogP contribution in [0.1, 0.15) is 39.0 Å². The van der Waals surface area contributed by atoms with Crippen molar-refractivity contribution in [1.82, 2.24) is 9.38 Å². The summed E-state index contributed by atoms with van der Waals surface area (Å²) < 4.78 is 1.87. The predicted molar refractivity (Wildman–Crippen MR) is 95.7 cm³/mol. The van der Waals surface area contributed by atoms with Crippen molar-refractivity contribution in [1.29, 1.82) is 0 Å². The van der Waals surface area contributed by atoms with Gasteiger partial charge in [-0.1, -0.05) is 18.5 Å². The maximum Gasteiger partial charge on any atom is 0.337 e. The number of nitrogens with one attached hydrogen (secondary N) is 1. The first kappa shape index (κ1) is 17.0. The number of imidazole rings is 1. The molecule has 1 aromatic carbocycles. The number of anilines is 1. The molecule has 2 N–H and O–H groups in total. The number of benzene rings is 1. The van der Waals surface area contributed by atoms with Crippen LogP contribution in [0.5, 0.6) is 0 Å². The summed E-state index contributed by atoms with van der Waals surface area (Å²) in [7, 11) is 0. The van der Waals surface area contributed by atoms with E-state index in [0.717, 1.165) is 23.5 Å². The first-order chi connectivity index (χ1) is 11.9. The molecule has 0 atom stereocenters. The Labute approximate surface area is 149 Å². The smallest absolute Gasteiger partial charge is 0.337 e. The Morgan fingerprint density at radius 2 is 2.04 bits per heavy atom. The van der Waals surface area contributed by atoms with E-state index < -0.39 is 5.97 Å². The van der Waals surface area contributed by atoms with Crippen LogP contribution in [0.3, 0.4) is 0 Å². The van der Waals surface area contributed by atoms with Gasteiger partial charge in [-0.2, -0.15) is 0 Å². The van der Waals surface area contributed by atoms with Crippen LogP contribution in [0.4, 0.5) is 5.69 Å². The SMILES string of the molecule is CCc1nc2ccc(C(=O)Nc3ccc(Cl)c(C(=O)O)c3)cn2c1C. The molecule has 6 nitrogen and oxygen atoms in total. The zero-order chi connectivity index (χ0) is 18.1. The fraction of sp³-hybridized carbons (Fsp3) is 0.167. The lowest BCUT2D eigenvalue weighted by Crippen LogP contribution is -2.13. The van der Waals surface area contributed by atoms with E-state index in [-0.39, 0.29) is 16.5 Å². The van der Waals surface area contributed by atoms with E-state index in [9.17, 15) is 9.59 Å². The first-order valence-corrected chi connectivity index (χ1v) is 8.10. The van der Waals surface area contributed by atoms with Crippen molar-refractivity contribution in [2.75, 3.05) is 5.32 Å². The van der Waals surface area contributed by atoms with Crippen molar-refractivity contribution in [3.05, 3.63) is 64.1 Å². The molecule has 0 spiro atoms. The molecular formula is C18H16ClN3O3. The van der Waals surface area contributed by atoms with Crippen molar-refractivity contribution in [2.45, 2.75) is 20.3 Å². The molecule has 0 saturated carbocycles. The zero-order valence-electron chi connectivity index (χ0n) is 13.7. The molecule has 3 rings (SSSR count). The Morgan fingerprint density at radius 1 is 1.28 bits per heavy atom. The maximum absolute atomic E-state index is 12.5. The number of carboxylic acids is 1. The summed E-state index contributed by atoms with van der Waals surface area (Å²) in [6.07, 6.45) is 2.54. The number of carbonyl (C=O) groups is 2. The first-order valence-electron chi connectivity index (χ1n) is 7.72. The number of amides is 1. The van der Waals surface area contributed by atoms with E-state index in [2.05, 4.69) is 10.3 Å². The normalized spacial score (nSPS) is 10.8. The minimum absolute atomic E-state index is 0.0621. The summed E-state index contributed by atoms with van der Waals surface area (Å²) in [5.41, 5.74) is 3.51.